The van der Waals surface area contributed by atoms with Crippen LogP contribution in [0.3, 0.4) is 0 Å². The molecule has 0 fully saturated rings. The quantitative estimate of drug-likeness (QED) is 0.791. The van der Waals surface area contributed by atoms with Gasteiger partial charge in [0.25, 0.3) is 0 Å². The minimum absolute atomic E-state index is 0.320. The molecule has 0 saturated carbocycles. The molecule has 2 N–H and O–H groups in total. The van der Waals surface area contributed by atoms with E-state index in [-0.39, 0.29) is 0 Å². The average molecular weight is 253 g/mol. The van der Waals surface area contributed by atoms with Gasteiger partial charge in [-0.3, -0.25) is 0 Å². The third-order valence-corrected chi connectivity index (χ3v) is 2.62. The lowest BCUT2D eigenvalue weighted by Gasteiger charge is -2.08. The molecule has 2 aromatic carbocycles. The Balaban J connectivity index is 2.06. The van der Waals surface area contributed by atoms with Gasteiger partial charge in [0.1, 0.15) is 12.4 Å². The van der Waals surface area contributed by atoms with E-state index in [0.29, 0.717) is 23.4 Å². The topological polar surface area (TPSA) is 73.5 Å². The maximum Gasteiger partial charge on any atom is 0.488 e. The molecule has 0 aliphatic carbocycles. The average Bonchev–Trinajstić information content (AvgIpc) is 2.45. The van der Waals surface area contributed by atoms with E-state index < -0.39 is 7.12 Å². The van der Waals surface area contributed by atoms with Crippen molar-refractivity contribution in [1.29, 1.82) is 5.26 Å². The number of nitriles is 1. The van der Waals surface area contributed by atoms with Crippen LogP contribution in [0.1, 0.15) is 11.1 Å². The smallest absolute Gasteiger partial charge is 0.488 e. The van der Waals surface area contributed by atoms with Crippen LogP contribution in [-0.2, 0) is 6.61 Å². The van der Waals surface area contributed by atoms with E-state index in [1.807, 2.05) is 6.07 Å². The summed E-state index contributed by atoms with van der Waals surface area (Å²) in [5, 5.41) is 26.9. The van der Waals surface area contributed by atoms with Crippen LogP contribution in [0.2, 0.25) is 0 Å². The van der Waals surface area contributed by atoms with Crippen LogP contribution in [0.25, 0.3) is 0 Å². The molecule has 0 bridgehead atoms. The maximum absolute atomic E-state index is 9.07. The second-order valence-corrected chi connectivity index (χ2v) is 4.05. The number of benzene rings is 2. The zero-order valence-electron chi connectivity index (χ0n) is 10.2. The van der Waals surface area contributed by atoms with Crippen molar-refractivity contribution in [1.82, 2.24) is 0 Å². The van der Waals surface area contributed by atoms with Crippen LogP contribution in [0.15, 0.2) is 48.5 Å². The molecule has 0 aliphatic heterocycles. The zero-order chi connectivity index (χ0) is 13.7. The summed E-state index contributed by atoms with van der Waals surface area (Å²) >= 11 is 0. The van der Waals surface area contributed by atoms with Crippen molar-refractivity contribution in [2.75, 3.05) is 0 Å². The van der Waals surface area contributed by atoms with Gasteiger partial charge < -0.3 is 14.8 Å². The van der Waals surface area contributed by atoms with E-state index in [4.69, 9.17) is 20.0 Å². The third-order valence-electron chi connectivity index (χ3n) is 2.62. The fourth-order valence-electron chi connectivity index (χ4n) is 1.66. The van der Waals surface area contributed by atoms with Gasteiger partial charge in [0.05, 0.1) is 11.6 Å². The van der Waals surface area contributed by atoms with Gasteiger partial charge in [-0.25, -0.2) is 0 Å². The Bertz CT molecular complexity index is 608. The van der Waals surface area contributed by atoms with Gasteiger partial charge in [-0.15, -0.1) is 0 Å². The molecule has 0 aromatic heterocycles. The summed E-state index contributed by atoms with van der Waals surface area (Å²) in [6.07, 6.45) is 0. The molecule has 94 valence electrons. The molecule has 4 nitrogen and oxygen atoms in total. The van der Waals surface area contributed by atoms with Crippen LogP contribution >= 0.6 is 0 Å². The van der Waals surface area contributed by atoms with Gasteiger partial charge in [-0.2, -0.15) is 5.26 Å². The Hall–Kier alpha value is -2.29. The number of hydrogen-bond acceptors (Lipinski definition) is 4. The highest BCUT2D eigenvalue weighted by atomic mass is 16.5. The number of ether oxygens (including phenoxy) is 1. The van der Waals surface area contributed by atoms with E-state index >= 15 is 0 Å². The maximum atomic E-state index is 9.07. The van der Waals surface area contributed by atoms with Gasteiger partial charge in [-0.1, -0.05) is 24.3 Å². The van der Waals surface area contributed by atoms with Gasteiger partial charge in [0.2, 0.25) is 0 Å². The van der Waals surface area contributed by atoms with Gasteiger partial charge in [0, 0.05) is 0 Å². The molecule has 0 spiro atoms. The van der Waals surface area contributed by atoms with Gasteiger partial charge in [0.15, 0.2) is 0 Å². The summed E-state index contributed by atoms with van der Waals surface area (Å²) in [4.78, 5) is 0. The normalized spacial score (nSPS) is 9.74. The van der Waals surface area contributed by atoms with Crippen molar-refractivity contribution in [2.45, 2.75) is 6.61 Å². The number of nitrogens with zero attached hydrogens (tertiary/aromatic N) is 1. The third kappa shape index (κ3) is 3.58. The molecule has 5 heteroatoms. The lowest BCUT2D eigenvalue weighted by Crippen LogP contribution is -2.29. The summed E-state index contributed by atoms with van der Waals surface area (Å²) in [6, 6.07) is 15.8. The van der Waals surface area contributed by atoms with E-state index in [1.54, 1.807) is 42.5 Å². The van der Waals surface area contributed by atoms with E-state index in [2.05, 4.69) is 6.07 Å². The van der Waals surface area contributed by atoms with E-state index in [1.165, 1.54) is 0 Å². The fourth-order valence-corrected chi connectivity index (χ4v) is 1.66. The summed E-state index contributed by atoms with van der Waals surface area (Å²) in [6.45, 7) is 0.320. The first-order chi connectivity index (χ1) is 9.19. The molecule has 0 atom stereocenters. The molecular weight excluding hydrogens is 241 g/mol. The molecule has 0 radical (unpaired) electrons. The van der Waals surface area contributed by atoms with Crippen LogP contribution in [-0.4, -0.2) is 17.2 Å². The first kappa shape index (κ1) is 13.2. The Morgan fingerprint density at radius 3 is 2.63 bits per heavy atom. The molecular formula is C14H12BNO3. The van der Waals surface area contributed by atoms with Gasteiger partial charge in [-0.05, 0) is 35.3 Å². The van der Waals surface area contributed by atoms with Crippen molar-refractivity contribution in [3.05, 3.63) is 59.7 Å². The molecule has 19 heavy (non-hydrogen) atoms. The second kappa shape index (κ2) is 6.05. The van der Waals surface area contributed by atoms with Gasteiger partial charge >= 0.3 is 7.12 Å². The molecule has 2 aromatic rings. The summed E-state index contributed by atoms with van der Waals surface area (Å²) in [7, 11) is -1.51. The lowest BCUT2D eigenvalue weighted by molar-refractivity contribution is 0.306. The van der Waals surface area contributed by atoms with Crippen LogP contribution in [0, 0.1) is 11.3 Å². The van der Waals surface area contributed by atoms with Crippen LogP contribution in [0.5, 0.6) is 5.75 Å². The molecule has 0 heterocycles. The first-order valence-electron chi connectivity index (χ1n) is 5.77. The van der Waals surface area contributed by atoms with Crippen LogP contribution < -0.4 is 10.2 Å². The molecule has 0 unspecified atom stereocenters. The summed E-state index contributed by atoms with van der Waals surface area (Å²) in [5.41, 5.74) is 1.85. The standard InChI is InChI=1S/C14H12BNO3/c16-9-11-3-1-4-12(7-11)10-19-14-6-2-5-13(8-14)15(17)18/h1-8,17-18H,10H2. The second-order valence-electron chi connectivity index (χ2n) is 4.05. The van der Waals surface area contributed by atoms with E-state index in [0.717, 1.165) is 5.56 Å². The van der Waals surface area contributed by atoms with E-state index in [9.17, 15) is 0 Å². The monoisotopic (exact) mass is 253 g/mol. The minimum atomic E-state index is -1.51. The molecule has 0 aliphatic rings. The highest BCUT2D eigenvalue weighted by Gasteiger charge is 2.11. The highest BCUT2D eigenvalue weighted by molar-refractivity contribution is 6.58. The van der Waals surface area contributed by atoms with Crippen molar-refractivity contribution >= 4 is 12.6 Å². The summed E-state index contributed by atoms with van der Waals surface area (Å²) < 4.78 is 5.55. The Kier molecular flexibility index (Phi) is 4.19. The molecule has 0 amide bonds. The summed E-state index contributed by atoms with van der Waals surface area (Å²) in [5.74, 6) is 0.549. The highest BCUT2D eigenvalue weighted by Crippen LogP contribution is 2.12. The Labute approximate surface area is 111 Å². The number of rotatable bonds is 4. The SMILES string of the molecule is N#Cc1cccc(COc2cccc(B(O)O)c2)c1. The number of hydrogen-bond donors (Lipinski definition) is 2. The fraction of sp³-hybridized carbons (Fsp3) is 0.0714. The predicted molar refractivity (Wildman–Crippen MR) is 71.8 cm³/mol. The molecule has 0 saturated heterocycles. The lowest BCUT2D eigenvalue weighted by atomic mass is 9.80. The first-order valence-corrected chi connectivity index (χ1v) is 5.77. The predicted octanol–water partition coefficient (Wildman–Crippen LogP) is 0.817. The van der Waals surface area contributed by atoms with Crippen molar-refractivity contribution in [3.8, 4) is 11.8 Å². The van der Waals surface area contributed by atoms with Crippen LogP contribution in [0.4, 0.5) is 0 Å². The Morgan fingerprint density at radius 2 is 1.89 bits per heavy atom. The minimum Gasteiger partial charge on any atom is -0.489 e. The van der Waals surface area contributed by atoms with Crippen molar-refractivity contribution in [2.24, 2.45) is 0 Å². The van der Waals surface area contributed by atoms with Crippen molar-refractivity contribution in [3.63, 3.8) is 0 Å². The molecule has 2 rings (SSSR count). The van der Waals surface area contributed by atoms with Crippen molar-refractivity contribution < 1.29 is 14.8 Å². The largest absolute Gasteiger partial charge is 0.489 e. The zero-order valence-corrected chi connectivity index (χ0v) is 10.2. The Morgan fingerprint density at radius 1 is 1.11 bits per heavy atom.